The molecule has 0 radical (unpaired) electrons. The molecule has 4 nitrogen and oxygen atoms in total. The number of rotatable bonds is 2. The maximum Gasteiger partial charge on any atom is 0.325 e. The van der Waals surface area contributed by atoms with Crippen LogP contribution in [0.5, 0.6) is 0 Å². The molecule has 0 unspecified atom stereocenters. The Morgan fingerprint density at radius 1 is 1.56 bits per heavy atom. The maximum atomic E-state index is 10.2. The summed E-state index contributed by atoms with van der Waals surface area (Å²) >= 11 is 0. The number of carboxylic acids is 1. The van der Waals surface area contributed by atoms with E-state index in [1.165, 1.54) is 13.8 Å². The highest BCUT2D eigenvalue weighted by molar-refractivity contribution is 5.81. The van der Waals surface area contributed by atoms with E-state index in [1.54, 1.807) is 0 Å². The van der Waals surface area contributed by atoms with Crippen LogP contribution in [0.25, 0.3) is 0 Å². The van der Waals surface area contributed by atoms with E-state index in [2.05, 4.69) is 5.32 Å². The number of carboxylic acid groups (broad SMARTS) is 1. The first-order valence-electron chi connectivity index (χ1n) is 2.54. The molecule has 0 saturated heterocycles. The van der Waals surface area contributed by atoms with Gasteiger partial charge < -0.3 is 10.4 Å². The van der Waals surface area contributed by atoms with Crippen molar-refractivity contribution in [3.63, 3.8) is 0 Å². The predicted molar refractivity (Wildman–Crippen MR) is 30.9 cm³/mol. The molecule has 0 aliphatic heterocycles. The topological polar surface area (TPSA) is 66.4 Å². The van der Waals surface area contributed by atoms with E-state index < -0.39 is 12.0 Å². The van der Waals surface area contributed by atoms with Crippen molar-refractivity contribution in [2.75, 3.05) is 0 Å². The van der Waals surface area contributed by atoms with Crippen LogP contribution in [0.2, 0.25) is 0 Å². The lowest BCUT2D eigenvalue weighted by Gasteiger charge is -2.04. The van der Waals surface area contributed by atoms with Crippen LogP contribution in [-0.4, -0.2) is 23.0 Å². The first-order chi connectivity index (χ1) is 4.04. The van der Waals surface area contributed by atoms with Crippen molar-refractivity contribution in [1.29, 1.82) is 0 Å². The molecule has 0 spiro atoms. The standard InChI is InChI=1S/C5H9NO3/c1-3(5(8)9)6-4(2)7/h3H,1-2H3,(H,6,7)(H,8,9)/t3-/m1/s1/i6+1. The van der Waals surface area contributed by atoms with E-state index in [-0.39, 0.29) is 5.91 Å². The molecule has 0 bridgehead atoms. The van der Waals surface area contributed by atoms with Crippen molar-refractivity contribution in [1.82, 2.24) is 5.32 Å². The summed E-state index contributed by atoms with van der Waals surface area (Å²) in [5.74, 6) is -1.35. The molecule has 2 N–H and O–H groups in total. The Hall–Kier alpha value is -1.06. The molecule has 0 rings (SSSR count). The maximum absolute atomic E-state index is 10.2. The molecule has 0 aromatic heterocycles. The largest absolute Gasteiger partial charge is 0.480 e. The molecule has 0 heterocycles. The monoisotopic (exact) mass is 132 g/mol. The molecule has 0 aliphatic rings. The Morgan fingerprint density at radius 3 is 2.11 bits per heavy atom. The highest BCUT2D eigenvalue weighted by atomic mass is 16.4. The molecule has 0 saturated carbocycles. The van der Waals surface area contributed by atoms with E-state index in [9.17, 15) is 9.59 Å². The Kier molecular flexibility index (Phi) is 2.70. The number of carbonyl (C=O) groups is 2. The fourth-order valence-electron chi connectivity index (χ4n) is 0.367. The van der Waals surface area contributed by atoms with Gasteiger partial charge in [0.05, 0.1) is 0 Å². The van der Waals surface area contributed by atoms with Crippen LogP contribution in [0, 0.1) is 0 Å². The lowest BCUT2D eigenvalue weighted by molar-refractivity contribution is -0.140. The van der Waals surface area contributed by atoms with Gasteiger partial charge in [0.1, 0.15) is 6.04 Å². The van der Waals surface area contributed by atoms with Gasteiger partial charge in [-0.3, -0.25) is 9.59 Å². The van der Waals surface area contributed by atoms with Crippen LogP contribution >= 0.6 is 0 Å². The van der Waals surface area contributed by atoms with E-state index in [1.807, 2.05) is 0 Å². The second-order valence-electron chi connectivity index (χ2n) is 1.76. The Labute approximate surface area is 52.9 Å². The highest BCUT2D eigenvalue weighted by Gasteiger charge is 2.09. The second kappa shape index (κ2) is 3.06. The fourth-order valence-corrected chi connectivity index (χ4v) is 0.367. The minimum Gasteiger partial charge on any atom is -0.480 e. The average Bonchev–Trinajstić information content (AvgIpc) is 1.63. The molecule has 0 fully saturated rings. The van der Waals surface area contributed by atoms with Gasteiger partial charge in [-0.15, -0.1) is 0 Å². The minimum absolute atomic E-state index is 0.329. The third-order valence-electron chi connectivity index (χ3n) is 0.790. The number of hydrogen-bond donors (Lipinski definition) is 2. The van der Waals surface area contributed by atoms with Gasteiger partial charge >= 0.3 is 5.97 Å². The van der Waals surface area contributed by atoms with Crippen LogP contribution < -0.4 is 5.32 Å². The molecule has 1 amide bonds. The molecule has 9 heavy (non-hydrogen) atoms. The van der Waals surface area contributed by atoms with Gasteiger partial charge in [-0.1, -0.05) is 0 Å². The van der Waals surface area contributed by atoms with E-state index in [4.69, 9.17) is 5.11 Å². The number of hydrogen-bond acceptors (Lipinski definition) is 2. The van der Waals surface area contributed by atoms with E-state index in [0.717, 1.165) is 0 Å². The average molecular weight is 132 g/mol. The number of carbonyl (C=O) groups excluding carboxylic acids is 1. The van der Waals surface area contributed by atoms with Crippen molar-refractivity contribution in [2.24, 2.45) is 0 Å². The molecule has 0 aromatic carbocycles. The lowest BCUT2D eigenvalue weighted by atomic mass is 10.4. The van der Waals surface area contributed by atoms with Crippen LogP contribution in [0.15, 0.2) is 0 Å². The van der Waals surface area contributed by atoms with E-state index >= 15 is 0 Å². The smallest absolute Gasteiger partial charge is 0.325 e. The number of amides is 1. The first-order valence-corrected chi connectivity index (χ1v) is 2.54. The van der Waals surface area contributed by atoms with E-state index in [0.29, 0.717) is 0 Å². The first kappa shape index (κ1) is 7.94. The summed E-state index contributed by atoms with van der Waals surface area (Å²) in [7, 11) is 0. The van der Waals surface area contributed by atoms with Crippen LogP contribution in [0.1, 0.15) is 13.8 Å². The lowest BCUT2D eigenvalue weighted by Crippen LogP contribution is -2.36. The summed E-state index contributed by atoms with van der Waals surface area (Å²) in [6, 6.07) is -0.789. The molecular formula is C5H9NO3. The van der Waals surface area contributed by atoms with Crippen molar-refractivity contribution in [3.05, 3.63) is 0 Å². The zero-order valence-electron chi connectivity index (χ0n) is 5.34. The van der Waals surface area contributed by atoms with Gasteiger partial charge in [0.15, 0.2) is 0 Å². The van der Waals surface area contributed by atoms with Crippen molar-refractivity contribution in [2.45, 2.75) is 19.9 Å². The third kappa shape index (κ3) is 3.52. The Balaban J connectivity index is 3.63. The Morgan fingerprint density at radius 2 is 2.00 bits per heavy atom. The summed E-state index contributed by atoms with van der Waals surface area (Å²) in [6.07, 6.45) is 0. The van der Waals surface area contributed by atoms with Gasteiger partial charge in [0.25, 0.3) is 0 Å². The zero-order chi connectivity index (χ0) is 7.44. The zero-order valence-corrected chi connectivity index (χ0v) is 5.34. The molecular weight excluding hydrogens is 123 g/mol. The molecule has 0 aliphatic carbocycles. The van der Waals surface area contributed by atoms with Gasteiger partial charge in [-0.25, -0.2) is 0 Å². The Bertz CT molecular complexity index is 132. The molecule has 4 heteroatoms. The van der Waals surface area contributed by atoms with Gasteiger partial charge in [0.2, 0.25) is 5.91 Å². The number of aliphatic carboxylic acids is 1. The van der Waals surface area contributed by atoms with Crippen LogP contribution in [0.4, 0.5) is 0 Å². The highest BCUT2D eigenvalue weighted by Crippen LogP contribution is 1.78. The third-order valence-corrected chi connectivity index (χ3v) is 0.790. The van der Waals surface area contributed by atoms with Gasteiger partial charge in [0, 0.05) is 6.92 Å². The summed E-state index contributed by atoms with van der Waals surface area (Å²) in [5.41, 5.74) is 0. The SMILES string of the molecule is CC(=O)[15NH][C@H](C)C(=O)O. The van der Waals surface area contributed by atoms with Crippen molar-refractivity contribution < 1.29 is 14.7 Å². The number of nitrogens with one attached hydrogen (secondary N) is 1. The van der Waals surface area contributed by atoms with Gasteiger partial charge in [-0.2, -0.15) is 0 Å². The van der Waals surface area contributed by atoms with Gasteiger partial charge in [-0.05, 0) is 6.92 Å². The van der Waals surface area contributed by atoms with Crippen molar-refractivity contribution in [3.8, 4) is 0 Å². The predicted octanol–water partition coefficient (Wildman–Crippen LogP) is -0.404. The molecule has 0 aromatic rings. The summed E-state index contributed by atoms with van der Waals surface area (Å²) < 4.78 is 0. The molecule has 1 atom stereocenters. The van der Waals surface area contributed by atoms with Crippen LogP contribution in [-0.2, 0) is 9.59 Å². The molecule has 52 valence electrons. The van der Waals surface area contributed by atoms with Crippen molar-refractivity contribution >= 4 is 11.9 Å². The summed E-state index contributed by atoms with van der Waals surface area (Å²) in [6.45, 7) is 2.68. The fraction of sp³-hybridized carbons (Fsp3) is 0.600. The quantitative estimate of drug-likeness (QED) is 0.502. The summed E-state index contributed by atoms with van der Waals surface area (Å²) in [4.78, 5) is 20.2. The summed E-state index contributed by atoms with van der Waals surface area (Å²) in [5, 5.41) is 10.4. The normalized spacial score (nSPS) is 12.2. The second-order valence-corrected chi connectivity index (χ2v) is 1.76. The minimum atomic E-state index is -1.02. The van der Waals surface area contributed by atoms with Crippen LogP contribution in [0.3, 0.4) is 0 Å².